The highest BCUT2D eigenvalue weighted by Crippen LogP contribution is 2.28. The van der Waals surface area contributed by atoms with Crippen molar-refractivity contribution in [3.8, 4) is 5.75 Å². The molecule has 0 saturated carbocycles. The summed E-state index contributed by atoms with van der Waals surface area (Å²) < 4.78 is 5.53. The first-order valence-electron chi connectivity index (χ1n) is 11.0. The Balaban J connectivity index is 1.40. The van der Waals surface area contributed by atoms with Crippen molar-refractivity contribution in [1.29, 1.82) is 0 Å². The zero-order chi connectivity index (χ0) is 20.8. The molecule has 3 aromatic rings. The van der Waals surface area contributed by atoms with Gasteiger partial charge in [0.1, 0.15) is 5.75 Å². The van der Waals surface area contributed by atoms with Gasteiger partial charge in [0.05, 0.1) is 7.11 Å². The third-order valence-electron chi connectivity index (χ3n) is 6.25. The molecule has 0 bridgehead atoms. The zero-order valence-electron chi connectivity index (χ0n) is 18.2. The van der Waals surface area contributed by atoms with Gasteiger partial charge in [0.15, 0.2) is 0 Å². The van der Waals surface area contributed by atoms with Crippen LogP contribution in [0, 0.1) is 0 Å². The number of nitrogens with zero attached hydrogens (tertiary/aromatic N) is 2. The van der Waals surface area contributed by atoms with Crippen LogP contribution in [0.15, 0.2) is 60.7 Å². The lowest BCUT2D eigenvalue weighted by Crippen LogP contribution is -2.45. The van der Waals surface area contributed by atoms with Crippen molar-refractivity contribution in [2.75, 3.05) is 39.8 Å². The van der Waals surface area contributed by atoms with Crippen molar-refractivity contribution >= 4 is 10.8 Å². The predicted octanol–water partition coefficient (Wildman–Crippen LogP) is 4.28. The monoisotopic (exact) mass is 403 g/mol. The second-order valence-electron chi connectivity index (χ2n) is 8.06. The lowest BCUT2D eigenvalue weighted by Gasteiger charge is -2.34. The van der Waals surface area contributed by atoms with E-state index in [0.717, 1.165) is 45.0 Å². The average molecular weight is 404 g/mol. The van der Waals surface area contributed by atoms with E-state index in [9.17, 15) is 0 Å². The lowest BCUT2D eigenvalue weighted by molar-refractivity contribution is 0.131. The molecule has 4 nitrogen and oxygen atoms in total. The Bertz CT molecular complexity index is 963. The van der Waals surface area contributed by atoms with E-state index >= 15 is 0 Å². The van der Waals surface area contributed by atoms with Gasteiger partial charge in [-0.05, 0) is 34.7 Å². The van der Waals surface area contributed by atoms with Crippen LogP contribution in [0.25, 0.3) is 10.8 Å². The van der Waals surface area contributed by atoms with Crippen LogP contribution in [0.2, 0.25) is 0 Å². The number of methoxy groups -OCH3 is 1. The second-order valence-corrected chi connectivity index (χ2v) is 8.06. The molecule has 1 aliphatic heterocycles. The minimum Gasteiger partial charge on any atom is -0.496 e. The van der Waals surface area contributed by atoms with Gasteiger partial charge in [0.25, 0.3) is 0 Å². The molecule has 3 aromatic carbocycles. The molecule has 0 spiro atoms. The maximum absolute atomic E-state index is 5.53. The zero-order valence-corrected chi connectivity index (χ0v) is 18.2. The third-order valence-corrected chi connectivity index (χ3v) is 6.25. The van der Waals surface area contributed by atoms with E-state index < -0.39 is 0 Å². The molecule has 0 amide bonds. The molecule has 0 unspecified atom stereocenters. The lowest BCUT2D eigenvalue weighted by atomic mass is 10.0. The average Bonchev–Trinajstić information content (AvgIpc) is 2.81. The molecular weight excluding hydrogens is 370 g/mol. The number of benzene rings is 3. The first kappa shape index (κ1) is 20.9. The Labute approximate surface area is 180 Å². The Hall–Kier alpha value is -2.40. The van der Waals surface area contributed by atoms with Gasteiger partial charge in [-0.1, -0.05) is 61.5 Å². The highest BCUT2D eigenvalue weighted by Gasteiger charge is 2.16. The summed E-state index contributed by atoms with van der Waals surface area (Å²) in [6.45, 7) is 10.9. The molecule has 1 saturated heterocycles. The smallest absolute Gasteiger partial charge is 0.126 e. The summed E-state index contributed by atoms with van der Waals surface area (Å²) in [7, 11) is 1.73. The number of ether oxygens (including phenoxy) is 1. The summed E-state index contributed by atoms with van der Waals surface area (Å²) in [5.74, 6) is 0.933. The molecule has 1 aliphatic rings. The fraction of sp³-hybridized carbons (Fsp3) is 0.385. The van der Waals surface area contributed by atoms with Gasteiger partial charge in [-0.3, -0.25) is 4.90 Å². The van der Waals surface area contributed by atoms with Gasteiger partial charge in [-0.15, -0.1) is 0 Å². The summed E-state index contributed by atoms with van der Waals surface area (Å²) in [4.78, 5) is 5.12. The van der Waals surface area contributed by atoms with E-state index in [1.807, 2.05) is 0 Å². The molecule has 30 heavy (non-hydrogen) atoms. The van der Waals surface area contributed by atoms with Crippen molar-refractivity contribution in [2.24, 2.45) is 0 Å². The number of fused-ring (bicyclic) bond motifs is 1. The maximum Gasteiger partial charge on any atom is 0.126 e. The quantitative estimate of drug-likeness (QED) is 0.608. The van der Waals surface area contributed by atoms with Gasteiger partial charge in [0, 0.05) is 51.2 Å². The predicted molar refractivity (Wildman–Crippen MR) is 125 cm³/mol. The third kappa shape index (κ3) is 4.84. The SMILES string of the molecule is CCN1CCN(Cc2ccccc2CNCc2ccc(OC)c3ccccc23)CC1. The van der Waals surface area contributed by atoms with Gasteiger partial charge in [0.2, 0.25) is 0 Å². The van der Waals surface area contributed by atoms with Crippen LogP contribution in [0.5, 0.6) is 5.75 Å². The number of likely N-dealkylation sites (N-methyl/N-ethyl adjacent to an activating group) is 1. The standard InChI is InChI=1S/C26H33N3O/c1-3-28-14-16-29(17-15-28)20-23-9-5-4-8-21(23)18-27-19-22-12-13-26(30-2)25-11-7-6-10-24(22)25/h4-13,27H,3,14-20H2,1-2H3. The van der Waals surface area contributed by atoms with Crippen molar-refractivity contribution in [3.63, 3.8) is 0 Å². The van der Waals surface area contributed by atoms with E-state index in [2.05, 4.69) is 82.7 Å². The summed E-state index contributed by atoms with van der Waals surface area (Å²) in [5, 5.41) is 6.10. The van der Waals surface area contributed by atoms with Crippen LogP contribution in [0.4, 0.5) is 0 Å². The summed E-state index contributed by atoms with van der Waals surface area (Å²) in [6, 6.07) is 21.6. The van der Waals surface area contributed by atoms with Crippen LogP contribution in [0.3, 0.4) is 0 Å². The van der Waals surface area contributed by atoms with E-state index in [4.69, 9.17) is 4.74 Å². The van der Waals surface area contributed by atoms with Crippen molar-refractivity contribution in [3.05, 3.63) is 77.4 Å². The molecule has 1 heterocycles. The van der Waals surface area contributed by atoms with Crippen LogP contribution in [-0.2, 0) is 19.6 Å². The van der Waals surface area contributed by atoms with Crippen molar-refractivity contribution in [1.82, 2.24) is 15.1 Å². The van der Waals surface area contributed by atoms with E-state index in [1.165, 1.54) is 40.6 Å². The molecule has 158 valence electrons. The van der Waals surface area contributed by atoms with E-state index in [1.54, 1.807) is 7.11 Å². The normalized spacial score (nSPS) is 15.5. The number of piperazine rings is 1. The molecule has 0 aliphatic carbocycles. The first-order chi connectivity index (χ1) is 14.8. The highest BCUT2D eigenvalue weighted by molar-refractivity contribution is 5.91. The van der Waals surface area contributed by atoms with Gasteiger partial charge in [-0.25, -0.2) is 0 Å². The Morgan fingerprint density at radius 2 is 1.37 bits per heavy atom. The van der Waals surface area contributed by atoms with Crippen molar-refractivity contribution in [2.45, 2.75) is 26.6 Å². The minimum atomic E-state index is 0.841. The summed E-state index contributed by atoms with van der Waals surface area (Å²) >= 11 is 0. The number of nitrogens with one attached hydrogen (secondary N) is 1. The van der Waals surface area contributed by atoms with E-state index in [-0.39, 0.29) is 0 Å². The molecule has 0 radical (unpaired) electrons. The number of rotatable bonds is 8. The van der Waals surface area contributed by atoms with E-state index in [0.29, 0.717) is 0 Å². The Morgan fingerprint density at radius 3 is 2.10 bits per heavy atom. The van der Waals surface area contributed by atoms with Crippen LogP contribution >= 0.6 is 0 Å². The molecule has 1 N–H and O–H groups in total. The fourth-order valence-electron chi connectivity index (χ4n) is 4.39. The topological polar surface area (TPSA) is 27.7 Å². The molecule has 4 rings (SSSR count). The van der Waals surface area contributed by atoms with Crippen LogP contribution < -0.4 is 10.1 Å². The Kier molecular flexibility index (Phi) is 7.00. The minimum absolute atomic E-state index is 0.841. The van der Waals surface area contributed by atoms with Crippen molar-refractivity contribution < 1.29 is 4.74 Å². The molecule has 1 fully saturated rings. The largest absolute Gasteiger partial charge is 0.496 e. The molecular formula is C26H33N3O. The number of hydrogen-bond donors (Lipinski definition) is 1. The van der Waals surface area contributed by atoms with Crippen LogP contribution in [0.1, 0.15) is 23.6 Å². The molecule has 4 heteroatoms. The number of hydrogen-bond acceptors (Lipinski definition) is 4. The molecule has 0 atom stereocenters. The van der Waals surface area contributed by atoms with Gasteiger partial charge >= 0.3 is 0 Å². The first-order valence-corrected chi connectivity index (χ1v) is 11.0. The van der Waals surface area contributed by atoms with Gasteiger partial charge in [-0.2, -0.15) is 0 Å². The Morgan fingerprint density at radius 1 is 0.733 bits per heavy atom. The van der Waals surface area contributed by atoms with Gasteiger partial charge < -0.3 is 15.0 Å². The summed E-state index contributed by atoms with van der Waals surface area (Å²) in [6.07, 6.45) is 0. The highest BCUT2D eigenvalue weighted by atomic mass is 16.5. The van der Waals surface area contributed by atoms with Crippen LogP contribution in [-0.4, -0.2) is 49.6 Å². The molecule has 0 aromatic heterocycles. The fourth-order valence-corrected chi connectivity index (χ4v) is 4.39. The second kappa shape index (κ2) is 10.1. The summed E-state index contributed by atoms with van der Waals surface area (Å²) in [5.41, 5.74) is 4.14. The maximum atomic E-state index is 5.53.